The van der Waals surface area contributed by atoms with Gasteiger partial charge in [0, 0.05) is 25.0 Å². The SMILES string of the molecule is COC(=O)[C@H]1CCCN(C(=O)Cc2ccccn2)C1. The first kappa shape index (κ1) is 13.5. The second kappa shape index (κ2) is 6.31. The molecule has 1 aliphatic rings. The monoisotopic (exact) mass is 262 g/mol. The number of esters is 1. The van der Waals surface area contributed by atoms with E-state index in [0.717, 1.165) is 18.5 Å². The maximum atomic E-state index is 12.2. The number of piperidine rings is 1. The first-order chi connectivity index (χ1) is 9.20. The molecule has 0 spiro atoms. The van der Waals surface area contributed by atoms with Crippen LogP contribution in [-0.4, -0.2) is 42.0 Å². The number of nitrogens with zero attached hydrogens (tertiary/aromatic N) is 2. The molecule has 0 bridgehead atoms. The number of methoxy groups -OCH3 is 1. The molecule has 0 aromatic carbocycles. The lowest BCUT2D eigenvalue weighted by atomic mass is 9.98. The Kier molecular flexibility index (Phi) is 4.49. The van der Waals surface area contributed by atoms with E-state index in [2.05, 4.69) is 4.98 Å². The number of hydrogen-bond donors (Lipinski definition) is 0. The highest BCUT2D eigenvalue weighted by Gasteiger charge is 2.28. The molecule has 2 heterocycles. The van der Waals surface area contributed by atoms with Crippen LogP contribution in [0.4, 0.5) is 0 Å². The molecule has 0 saturated carbocycles. The van der Waals surface area contributed by atoms with Gasteiger partial charge in [0.05, 0.1) is 19.4 Å². The van der Waals surface area contributed by atoms with Crippen molar-refractivity contribution < 1.29 is 14.3 Å². The molecule has 102 valence electrons. The minimum atomic E-state index is -0.227. The van der Waals surface area contributed by atoms with E-state index in [4.69, 9.17) is 4.74 Å². The second-order valence-electron chi connectivity index (χ2n) is 4.70. The average Bonchev–Trinajstić information content (AvgIpc) is 2.47. The summed E-state index contributed by atoms with van der Waals surface area (Å²) in [5.74, 6) is -0.394. The molecule has 1 atom stereocenters. The predicted molar refractivity (Wildman–Crippen MR) is 69.3 cm³/mol. The van der Waals surface area contributed by atoms with Crippen molar-refractivity contribution in [1.82, 2.24) is 9.88 Å². The second-order valence-corrected chi connectivity index (χ2v) is 4.70. The first-order valence-corrected chi connectivity index (χ1v) is 6.46. The number of pyridine rings is 1. The van der Waals surface area contributed by atoms with E-state index in [1.54, 1.807) is 11.1 Å². The zero-order chi connectivity index (χ0) is 13.7. The molecule has 0 N–H and O–H groups in total. The summed E-state index contributed by atoms with van der Waals surface area (Å²) in [6.07, 6.45) is 3.60. The summed E-state index contributed by atoms with van der Waals surface area (Å²) in [5, 5.41) is 0. The third-order valence-corrected chi connectivity index (χ3v) is 3.37. The molecule has 1 aromatic rings. The van der Waals surface area contributed by atoms with Crippen molar-refractivity contribution in [2.24, 2.45) is 5.92 Å². The molecule has 2 rings (SSSR count). The van der Waals surface area contributed by atoms with Gasteiger partial charge in [-0.3, -0.25) is 14.6 Å². The topological polar surface area (TPSA) is 59.5 Å². The molecule has 1 amide bonds. The predicted octanol–water partition coefficient (Wildman–Crippen LogP) is 1.04. The van der Waals surface area contributed by atoms with Crippen molar-refractivity contribution in [3.8, 4) is 0 Å². The fourth-order valence-electron chi connectivity index (χ4n) is 2.33. The minimum Gasteiger partial charge on any atom is -0.469 e. The Morgan fingerprint density at radius 1 is 1.47 bits per heavy atom. The van der Waals surface area contributed by atoms with Gasteiger partial charge >= 0.3 is 5.97 Å². The normalized spacial score (nSPS) is 19.0. The number of likely N-dealkylation sites (tertiary alicyclic amines) is 1. The lowest BCUT2D eigenvalue weighted by molar-refractivity contribution is -0.148. The Morgan fingerprint density at radius 3 is 3.00 bits per heavy atom. The molecule has 1 fully saturated rings. The third kappa shape index (κ3) is 3.53. The third-order valence-electron chi connectivity index (χ3n) is 3.37. The zero-order valence-electron chi connectivity index (χ0n) is 11.0. The lowest BCUT2D eigenvalue weighted by Gasteiger charge is -2.31. The van der Waals surface area contributed by atoms with E-state index in [-0.39, 0.29) is 24.2 Å². The van der Waals surface area contributed by atoms with Crippen LogP contribution in [0.25, 0.3) is 0 Å². The van der Waals surface area contributed by atoms with Gasteiger partial charge in [-0.1, -0.05) is 6.07 Å². The number of carbonyl (C=O) groups excluding carboxylic acids is 2. The molecular weight excluding hydrogens is 244 g/mol. The molecule has 5 nitrogen and oxygen atoms in total. The smallest absolute Gasteiger partial charge is 0.310 e. The molecule has 5 heteroatoms. The van der Waals surface area contributed by atoms with Crippen molar-refractivity contribution in [1.29, 1.82) is 0 Å². The highest BCUT2D eigenvalue weighted by molar-refractivity contribution is 5.80. The fourth-order valence-corrected chi connectivity index (χ4v) is 2.33. The van der Waals surface area contributed by atoms with Crippen LogP contribution in [0.15, 0.2) is 24.4 Å². The van der Waals surface area contributed by atoms with Crippen LogP contribution in [0.2, 0.25) is 0 Å². The minimum absolute atomic E-state index is 0.0207. The molecule has 1 saturated heterocycles. The molecule has 0 unspecified atom stereocenters. The van der Waals surface area contributed by atoms with Gasteiger partial charge in [0.25, 0.3) is 0 Å². The van der Waals surface area contributed by atoms with Crippen molar-refractivity contribution >= 4 is 11.9 Å². The largest absolute Gasteiger partial charge is 0.469 e. The van der Waals surface area contributed by atoms with Crippen LogP contribution in [0.1, 0.15) is 18.5 Å². The number of rotatable bonds is 3. The highest BCUT2D eigenvalue weighted by atomic mass is 16.5. The van der Waals surface area contributed by atoms with Crippen LogP contribution in [0.5, 0.6) is 0 Å². The van der Waals surface area contributed by atoms with Gasteiger partial charge in [0.1, 0.15) is 0 Å². The number of amides is 1. The van der Waals surface area contributed by atoms with Gasteiger partial charge in [-0.05, 0) is 25.0 Å². The van der Waals surface area contributed by atoms with Gasteiger partial charge < -0.3 is 9.64 Å². The summed E-state index contributed by atoms with van der Waals surface area (Å²) in [4.78, 5) is 29.6. The Balaban J connectivity index is 1.94. The number of hydrogen-bond acceptors (Lipinski definition) is 4. The summed E-state index contributed by atoms with van der Waals surface area (Å²) in [7, 11) is 1.39. The fraction of sp³-hybridized carbons (Fsp3) is 0.500. The maximum absolute atomic E-state index is 12.2. The molecule has 0 radical (unpaired) electrons. The molecule has 1 aromatic heterocycles. The van der Waals surface area contributed by atoms with Gasteiger partial charge in [-0.15, -0.1) is 0 Å². The Hall–Kier alpha value is -1.91. The summed E-state index contributed by atoms with van der Waals surface area (Å²) in [6.45, 7) is 1.16. The highest BCUT2D eigenvalue weighted by Crippen LogP contribution is 2.18. The maximum Gasteiger partial charge on any atom is 0.310 e. The molecule has 0 aliphatic carbocycles. The van der Waals surface area contributed by atoms with Gasteiger partial charge in [0.2, 0.25) is 5.91 Å². The van der Waals surface area contributed by atoms with Crippen molar-refractivity contribution in [3.63, 3.8) is 0 Å². The van der Waals surface area contributed by atoms with E-state index in [1.807, 2.05) is 18.2 Å². The van der Waals surface area contributed by atoms with Crippen molar-refractivity contribution in [2.45, 2.75) is 19.3 Å². The summed E-state index contributed by atoms with van der Waals surface area (Å²) in [5.41, 5.74) is 0.757. The van der Waals surface area contributed by atoms with Gasteiger partial charge in [-0.2, -0.15) is 0 Å². The van der Waals surface area contributed by atoms with Crippen LogP contribution in [0.3, 0.4) is 0 Å². The van der Waals surface area contributed by atoms with E-state index in [9.17, 15) is 9.59 Å². The van der Waals surface area contributed by atoms with E-state index in [0.29, 0.717) is 13.1 Å². The lowest BCUT2D eigenvalue weighted by Crippen LogP contribution is -2.43. The van der Waals surface area contributed by atoms with Crippen LogP contribution in [0, 0.1) is 5.92 Å². The van der Waals surface area contributed by atoms with E-state index in [1.165, 1.54) is 7.11 Å². The Bertz CT molecular complexity index is 447. The van der Waals surface area contributed by atoms with Crippen LogP contribution in [-0.2, 0) is 20.7 Å². The van der Waals surface area contributed by atoms with Crippen LogP contribution < -0.4 is 0 Å². The summed E-state index contributed by atoms with van der Waals surface area (Å²) < 4.78 is 4.75. The zero-order valence-corrected chi connectivity index (χ0v) is 11.0. The number of ether oxygens (including phenoxy) is 1. The van der Waals surface area contributed by atoms with Gasteiger partial charge in [0.15, 0.2) is 0 Å². The molecule has 19 heavy (non-hydrogen) atoms. The number of carbonyl (C=O) groups is 2. The summed E-state index contributed by atoms with van der Waals surface area (Å²) >= 11 is 0. The van der Waals surface area contributed by atoms with Crippen molar-refractivity contribution in [2.75, 3.05) is 20.2 Å². The van der Waals surface area contributed by atoms with E-state index >= 15 is 0 Å². The number of aromatic nitrogens is 1. The molecular formula is C14H18N2O3. The Morgan fingerprint density at radius 2 is 2.32 bits per heavy atom. The Labute approximate surface area is 112 Å². The van der Waals surface area contributed by atoms with E-state index < -0.39 is 0 Å². The quantitative estimate of drug-likeness (QED) is 0.764. The average molecular weight is 262 g/mol. The molecule has 1 aliphatic heterocycles. The van der Waals surface area contributed by atoms with Crippen LogP contribution >= 0.6 is 0 Å². The standard InChI is InChI=1S/C14H18N2O3/c1-19-14(18)11-5-4-8-16(10-11)13(17)9-12-6-2-3-7-15-12/h2-3,6-7,11H,4-5,8-10H2,1H3/t11-/m0/s1. The summed E-state index contributed by atoms with van der Waals surface area (Å²) in [6, 6.07) is 5.52. The first-order valence-electron chi connectivity index (χ1n) is 6.46. The van der Waals surface area contributed by atoms with Crippen molar-refractivity contribution in [3.05, 3.63) is 30.1 Å². The van der Waals surface area contributed by atoms with Gasteiger partial charge in [-0.25, -0.2) is 0 Å².